The Morgan fingerprint density at radius 1 is 1.45 bits per heavy atom. The van der Waals surface area contributed by atoms with Crippen molar-refractivity contribution in [3.8, 4) is 0 Å². The van der Waals surface area contributed by atoms with E-state index in [1.165, 1.54) is 12.1 Å². The van der Waals surface area contributed by atoms with Crippen LogP contribution in [0.15, 0.2) is 29.4 Å². The highest BCUT2D eigenvalue weighted by atomic mass is 19.1. The molecule has 5 nitrogen and oxygen atoms in total. The van der Waals surface area contributed by atoms with Gasteiger partial charge in [-0.05, 0) is 37.5 Å². The zero-order chi connectivity index (χ0) is 15.6. The van der Waals surface area contributed by atoms with Crippen LogP contribution in [0.4, 0.5) is 4.39 Å². The number of nitrogens with one attached hydrogen (secondary N) is 1. The van der Waals surface area contributed by atoms with Crippen molar-refractivity contribution < 1.29 is 18.8 Å². The van der Waals surface area contributed by atoms with Crippen molar-refractivity contribution in [3.05, 3.63) is 35.6 Å². The average molecular weight is 306 g/mol. The molecule has 0 bridgehead atoms. The zero-order valence-corrected chi connectivity index (χ0v) is 12.5. The third kappa shape index (κ3) is 3.11. The fourth-order valence-electron chi connectivity index (χ4n) is 2.66. The number of hydrogen-bond acceptors (Lipinski definition) is 4. The number of carbonyl (C=O) groups excluding carboxylic acids is 1. The minimum absolute atomic E-state index is 0.0893. The maximum Gasteiger partial charge on any atom is 0.267 e. The van der Waals surface area contributed by atoms with Crippen LogP contribution in [-0.4, -0.2) is 36.5 Å². The van der Waals surface area contributed by atoms with Crippen molar-refractivity contribution in [2.75, 3.05) is 13.2 Å². The van der Waals surface area contributed by atoms with Gasteiger partial charge < -0.3 is 14.9 Å². The first kappa shape index (κ1) is 15.0. The highest BCUT2D eigenvalue weighted by Gasteiger charge is 2.42. The molecule has 2 heterocycles. The van der Waals surface area contributed by atoms with Crippen molar-refractivity contribution in [1.82, 2.24) is 5.32 Å². The molecule has 1 aromatic carbocycles. The summed E-state index contributed by atoms with van der Waals surface area (Å²) in [5.41, 5.74) is 0.384. The number of carbonyl (C=O) groups is 1. The molecule has 2 aliphatic heterocycles. The van der Waals surface area contributed by atoms with Crippen molar-refractivity contribution in [2.45, 2.75) is 37.9 Å². The summed E-state index contributed by atoms with van der Waals surface area (Å²) in [6.07, 6.45) is 2.45. The number of nitrogens with zero attached hydrogens (tertiary/aromatic N) is 1. The summed E-state index contributed by atoms with van der Waals surface area (Å²) < 4.78 is 18.4. The quantitative estimate of drug-likeness (QED) is 0.925. The van der Waals surface area contributed by atoms with Gasteiger partial charge in [0.25, 0.3) is 5.91 Å². The topological polar surface area (TPSA) is 59.9 Å². The Morgan fingerprint density at radius 2 is 2.23 bits per heavy atom. The summed E-state index contributed by atoms with van der Waals surface area (Å²) in [5, 5.41) is 6.86. The molecule has 0 spiro atoms. The molecule has 1 amide bonds. The van der Waals surface area contributed by atoms with Gasteiger partial charge in [-0.1, -0.05) is 17.3 Å². The first-order chi connectivity index (χ1) is 10.6. The largest absolute Gasteiger partial charge is 0.379 e. The minimum atomic E-state index is -1.03. The summed E-state index contributed by atoms with van der Waals surface area (Å²) in [4.78, 5) is 17.7. The van der Waals surface area contributed by atoms with Crippen LogP contribution in [0.5, 0.6) is 0 Å². The van der Waals surface area contributed by atoms with Gasteiger partial charge in [-0.2, -0.15) is 0 Å². The molecule has 0 aromatic heterocycles. The van der Waals surface area contributed by atoms with Gasteiger partial charge in [-0.15, -0.1) is 0 Å². The second-order valence-electron chi connectivity index (χ2n) is 5.89. The second-order valence-corrected chi connectivity index (χ2v) is 5.89. The number of oxime groups is 1. The molecular formula is C16H19FN2O3. The lowest BCUT2D eigenvalue weighted by Gasteiger charge is -2.21. The summed E-state index contributed by atoms with van der Waals surface area (Å²) >= 11 is 0. The van der Waals surface area contributed by atoms with Crippen LogP contribution >= 0.6 is 0 Å². The lowest BCUT2D eigenvalue weighted by molar-refractivity contribution is -0.142. The maximum absolute atomic E-state index is 13.0. The van der Waals surface area contributed by atoms with E-state index in [9.17, 15) is 9.18 Å². The van der Waals surface area contributed by atoms with E-state index in [4.69, 9.17) is 9.57 Å². The van der Waals surface area contributed by atoms with Crippen LogP contribution in [0.3, 0.4) is 0 Å². The van der Waals surface area contributed by atoms with E-state index in [-0.39, 0.29) is 17.8 Å². The Balaban J connectivity index is 1.58. The van der Waals surface area contributed by atoms with Gasteiger partial charge in [0.05, 0.1) is 11.8 Å². The summed E-state index contributed by atoms with van der Waals surface area (Å²) in [6, 6.07) is 6.00. The van der Waals surface area contributed by atoms with Crippen molar-refractivity contribution >= 4 is 11.6 Å². The number of hydrogen-bond donors (Lipinski definition) is 1. The second kappa shape index (κ2) is 6.04. The third-order valence-corrected chi connectivity index (χ3v) is 4.03. The molecule has 6 heteroatoms. The highest BCUT2D eigenvalue weighted by Crippen LogP contribution is 2.27. The van der Waals surface area contributed by atoms with E-state index in [2.05, 4.69) is 10.5 Å². The Hall–Kier alpha value is -1.95. The Bertz CT molecular complexity index is 582. The molecule has 1 aromatic rings. The molecule has 1 N–H and O–H groups in total. The number of benzene rings is 1. The van der Waals surface area contributed by atoms with Crippen LogP contribution in [0.25, 0.3) is 0 Å². The monoisotopic (exact) mass is 306 g/mol. The van der Waals surface area contributed by atoms with Crippen LogP contribution in [0.1, 0.15) is 31.7 Å². The van der Waals surface area contributed by atoms with Crippen LogP contribution in [0, 0.1) is 5.82 Å². The van der Waals surface area contributed by atoms with Gasteiger partial charge in [-0.25, -0.2) is 4.39 Å². The van der Waals surface area contributed by atoms with E-state index in [0.717, 1.165) is 25.0 Å². The normalized spacial score (nSPS) is 27.4. The Labute approximate surface area is 128 Å². The minimum Gasteiger partial charge on any atom is -0.379 e. The zero-order valence-electron chi connectivity index (χ0n) is 12.5. The third-order valence-electron chi connectivity index (χ3n) is 4.03. The molecule has 1 fully saturated rings. The van der Waals surface area contributed by atoms with Gasteiger partial charge in [0, 0.05) is 19.6 Å². The first-order valence-corrected chi connectivity index (χ1v) is 7.48. The van der Waals surface area contributed by atoms with Gasteiger partial charge in [0.15, 0.2) is 0 Å². The maximum atomic E-state index is 13.0. The number of rotatable bonds is 4. The Kier molecular flexibility index (Phi) is 4.11. The van der Waals surface area contributed by atoms with Crippen LogP contribution in [0.2, 0.25) is 0 Å². The molecule has 2 atom stereocenters. The molecule has 1 saturated heterocycles. The van der Waals surface area contributed by atoms with E-state index < -0.39 is 5.60 Å². The summed E-state index contributed by atoms with van der Waals surface area (Å²) in [7, 11) is 0. The van der Waals surface area contributed by atoms with Crippen molar-refractivity contribution in [3.63, 3.8) is 0 Å². The SMILES string of the molecule is CC1(C(=O)NCC2CCCO2)CC(c2ccc(F)cc2)=NO1. The predicted molar refractivity (Wildman–Crippen MR) is 79.0 cm³/mol. The van der Waals surface area contributed by atoms with Crippen LogP contribution in [-0.2, 0) is 14.4 Å². The van der Waals surface area contributed by atoms with E-state index in [0.29, 0.717) is 18.7 Å². The molecule has 0 radical (unpaired) electrons. The van der Waals surface area contributed by atoms with Crippen molar-refractivity contribution in [2.24, 2.45) is 5.16 Å². The summed E-state index contributed by atoms with van der Waals surface area (Å²) in [6.45, 7) is 2.95. The number of ether oxygens (including phenoxy) is 1. The van der Waals surface area contributed by atoms with E-state index >= 15 is 0 Å². The van der Waals surface area contributed by atoms with Gasteiger partial charge in [0.2, 0.25) is 5.60 Å². The van der Waals surface area contributed by atoms with Gasteiger partial charge in [0.1, 0.15) is 5.82 Å². The fourth-order valence-corrected chi connectivity index (χ4v) is 2.66. The molecule has 0 aliphatic carbocycles. The first-order valence-electron chi connectivity index (χ1n) is 7.48. The molecule has 2 aliphatic rings. The lowest BCUT2D eigenvalue weighted by Crippen LogP contribution is -2.46. The number of halogens is 1. The van der Waals surface area contributed by atoms with Crippen molar-refractivity contribution in [1.29, 1.82) is 0 Å². The number of amides is 1. The van der Waals surface area contributed by atoms with E-state index in [1.54, 1.807) is 19.1 Å². The molecular weight excluding hydrogens is 287 g/mol. The molecule has 22 heavy (non-hydrogen) atoms. The standard InChI is InChI=1S/C16H19FN2O3/c1-16(15(20)18-10-13-3-2-8-21-13)9-14(19-22-16)11-4-6-12(17)7-5-11/h4-7,13H,2-3,8-10H2,1H3,(H,18,20). The Morgan fingerprint density at radius 3 is 2.91 bits per heavy atom. The summed E-state index contributed by atoms with van der Waals surface area (Å²) in [5.74, 6) is -0.510. The van der Waals surface area contributed by atoms with Gasteiger partial charge >= 0.3 is 0 Å². The van der Waals surface area contributed by atoms with Crippen LogP contribution < -0.4 is 5.32 Å². The average Bonchev–Trinajstić information content (AvgIpc) is 3.16. The molecule has 0 saturated carbocycles. The fraction of sp³-hybridized carbons (Fsp3) is 0.500. The molecule has 3 rings (SSSR count). The highest BCUT2D eigenvalue weighted by molar-refractivity contribution is 6.05. The lowest BCUT2D eigenvalue weighted by atomic mass is 9.95. The van der Waals surface area contributed by atoms with Gasteiger partial charge in [-0.3, -0.25) is 4.79 Å². The van der Waals surface area contributed by atoms with E-state index in [1.807, 2.05) is 0 Å². The predicted octanol–water partition coefficient (Wildman–Crippen LogP) is 2.00. The smallest absolute Gasteiger partial charge is 0.267 e. The molecule has 118 valence electrons. The molecule has 2 unspecified atom stereocenters.